The number of quaternary nitrogens is 1. The Bertz CT molecular complexity index is 1510. The molecule has 1 saturated heterocycles. The number of nitrogens with one attached hydrogen (secondary N) is 3. The van der Waals surface area contributed by atoms with Crippen LogP contribution in [-0.2, 0) is 20.8 Å². The number of benzene rings is 2. The molecule has 4 amide bonds. The zero-order chi connectivity index (χ0) is 32.7. The number of aliphatic hydroxyl groups excluding tert-OH is 1. The van der Waals surface area contributed by atoms with Gasteiger partial charge < -0.3 is 31.7 Å². The highest BCUT2D eigenvalue weighted by molar-refractivity contribution is 5.99. The van der Waals surface area contributed by atoms with Crippen LogP contribution in [0.3, 0.4) is 0 Å². The number of amides is 4. The van der Waals surface area contributed by atoms with Gasteiger partial charge in [-0.1, -0.05) is 54.6 Å². The van der Waals surface area contributed by atoms with Crippen molar-refractivity contribution in [2.24, 2.45) is 5.73 Å². The molecule has 1 fully saturated rings. The number of likely N-dealkylation sites (tertiary alicyclic amines) is 1. The fourth-order valence-corrected chi connectivity index (χ4v) is 5.73. The van der Waals surface area contributed by atoms with Gasteiger partial charge in [0, 0.05) is 10.9 Å². The standard InChI is InChI=1S/C33H42N6O6/c1-33(2,3)38-17-9-14-27(38)32(44)39(45)20-28(40)25(18-21-10-5-4-6-11-21)36-31(43)26(19-29(34)41)37-30(42)24-16-15-22-12-7-8-13-23(22)35-24/h4-8,10-13,15-16,25-28,39-40H,9,14,17-20H2,1-3H3,(H2,34,41)(H,36,43)(H,37,42)/t25-,26-,27-,28+/m0/s1. The van der Waals surface area contributed by atoms with Crippen LogP contribution in [0, 0.1) is 5.21 Å². The lowest BCUT2D eigenvalue weighted by molar-refractivity contribution is -0.771. The lowest BCUT2D eigenvalue weighted by Gasteiger charge is -2.37. The van der Waals surface area contributed by atoms with Crippen LogP contribution in [0.4, 0.5) is 0 Å². The molecule has 45 heavy (non-hydrogen) atoms. The summed E-state index contributed by atoms with van der Waals surface area (Å²) in [5.74, 6) is -2.87. The molecule has 5 atom stereocenters. The highest BCUT2D eigenvalue weighted by atomic mass is 16.5. The van der Waals surface area contributed by atoms with Crippen molar-refractivity contribution in [1.29, 1.82) is 0 Å². The number of primary amides is 1. The van der Waals surface area contributed by atoms with Crippen LogP contribution in [-0.4, -0.2) is 81.5 Å². The second-order valence-corrected chi connectivity index (χ2v) is 12.5. The van der Waals surface area contributed by atoms with Gasteiger partial charge in [-0.3, -0.25) is 19.3 Å². The van der Waals surface area contributed by atoms with E-state index < -0.39 is 65.9 Å². The van der Waals surface area contributed by atoms with E-state index in [0.717, 1.165) is 17.4 Å². The third-order valence-corrected chi connectivity index (χ3v) is 8.04. The van der Waals surface area contributed by atoms with Crippen molar-refractivity contribution in [2.45, 2.75) is 76.2 Å². The number of carbonyl (C=O) groups is 4. The smallest absolute Gasteiger partial charge is 0.329 e. The molecule has 1 aliphatic rings. The summed E-state index contributed by atoms with van der Waals surface area (Å²) in [4.78, 5) is 58.1. The number of nitrogens with two attached hydrogens (primary N) is 1. The van der Waals surface area contributed by atoms with E-state index >= 15 is 0 Å². The molecule has 0 spiro atoms. The number of hydrogen-bond acceptors (Lipinski definition) is 8. The monoisotopic (exact) mass is 618 g/mol. The molecule has 0 radical (unpaired) electrons. The number of hydrogen-bond donors (Lipinski definition) is 5. The average molecular weight is 619 g/mol. The van der Waals surface area contributed by atoms with E-state index in [1.165, 1.54) is 6.07 Å². The predicted molar refractivity (Wildman–Crippen MR) is 169 cm³/mol. The highest BCUT2D eigenvalue weighted by Crippen LogP contribution is 2.26. The SMILES string of the molecule is CC(C)(C)N1CCC[C@H]1C(=O)[NH+]([O-])C[C@@H](O)[C@H](Cc1ccccc1)NC(=O)[C@H](CC(N)=O)NC(=O)c1ccc2ccccc2n1. The maximum absolute atomic E-state index is 13.5. The number of aliphatic hydroxyl groups is 1. The summed E-state index contributed by atoms with van der Waals surface area (Å²) in [7, 11) is 0. The number of fused-ring (bicyclic) bond motifs is 1. The van der Waals surface area contributed by atoms with Crippen LogP contribution in [0.25, 0.3) is 10.9 Å². The number of para-hydroxylation sites is 1. The minimum Gasteiger partial charge on any atom is -0.627 e. The third kappa shape index (κ3) is 8.92. The minimum atomic E-state index is -1.43. The molecule has 2 heterocycles. The van der Waals surface area contributed by atoms with Gasteiger partial charge in [0.25, 0.3) is 5.91 Å². The van der Waals surface area contributed by atoms with Crippen LogP contribution in [0.1, 0.15) is 56.1 Å². The number of rotatable bonds is 12. The zero-order valence-corrected chi connectivity index (χ0v) is 25.9. The molecule has 0 bridgehead atoms. The van der Waals surface area contributed by atoms with E-state index in [1.54, 1.807) is 42.5 Å². The fourth-order valence-electron chi connectivity index (χ4n) is 5.73. The molecule has 2 aromatic carbocycles. The minimum absolute atomic E-state index is 0.0390. The topological polar surface area (TPSA) is 182 Å². The van der Waals surface area contributed by atoms with Crippen LogP contribution >= 0.6 is 0 Å². The number of carbonyl (C=O) groups excluding carboxylic acids is 4. The molecule has 4 rings (SSSR count). The summed E-state index contributed by atoms with van der Waals surface area (Å²) in [6.07, 6.45) is -0.472. The molecule has 3 aromatic rings. The molecule has 0 aliphatic carbocycles. The molecule has 12 heteroatoms. The lowest BCUT2D eigenvalue weighted by atomic mass is 9.99. The Kier molecular flexibility index (Phi) is 11.0. The van der Waals surface area contributed by atoms with E-state index in [-0.39, 0.29) is 17.7 Å². The number of aromatic nitrogens is 1. The summed E-state index contributed by atoms with van der Waals surface area (Å²) < 4.78 is 0. The Morgan fingerprint density at radius 3 is 2.42 bits per heavy atom. The lowest BCUT2D eigenvalue weighted by Crippen LogP contribution is -3.13. The second-order valence-electron chi connectivity index (χ2n) is 12.5. The number of hydroxylamine groups is 2. The van der Waals surface area contributed by atoms with Gasteiger partial charge in [-0.25, -0.2) is 9.78 Å². The van der Waals surface area contributed by atoms with Crippen molar-refractivity contribution >= 4 is 34.5 Å². The molecule has 1 unspecified atom stereocenters. The first kappa shape index (κ1) is 33.7. The Morgan fingerprint density at radius 2 is 1.73 bits per heavy atom. The van der Waals surface area contributed by atoms with Gasteiger partial charge in [-0.15, -0.1) is 0 Å². The van der Waals surface area contributed by atoms with Gasteiger partial charge in [0.2, 0.25) is 11.8 Å². The van der Waals surface area contributed by atoms with Crippen molar-refractivity contribution in [3.8, 4) is 0 Å². The normalized spacial score (nSPS) is 18.1. The quantitative estimate of drug-likeness (QED) is 0.182. The summed E-state index contributed by atoms with van der Waals surface area (Å²) in [5, 5.41) is 29.7. The van der Waals surface area contributed by atoms with Crippen molar-refractivity contribution in [3.05, 3.63) is 83.2 Å². The Morgan fingerprint density at radius 1 is 1.04 bits per heavy atom. The van der Waals surface area contributed by atoms with Crippen LogP contribution in [0.5, 0.6) is 0 Å². The van der Waals surface area contributed by atoms with Crippen LogP contribution < -0.4 is 21.4 Å². The van der Waals surface area contributed by atoms with Crippen molar-refractivity contribution < 1.29 is 29.3 Å². The highest BCUT2D eigenvalue weighted by Gasteiger charge is 2.41. The van der Waals surface area contributed by atoms with Gasteiger partial charge in [0.1, 0.15) is 30.4 Å². The van der Waals surface area contributed by atoms with Crippen molar-refractivity contribution in [2.75, 3.05) is 13.1 Å². The van der Waals surface area contributed by atoms with Gasteiger partial charge in [0.15, 0.2) is 0 Å². The Labute approximate surface area is 262 Å². The van der Waals surface area contributed by atoms with Crippen LogP contribution in [0.15, 0.2) is 66.7 Å². The van der Waals surface area contributed by atoms with Gasteiger partial charge in [0.05, 0.1) is 18.0 Å². The van der Waals surface area contributed by atoms with Gasteiger partial charge in [-0.2, -0.15) is 0 Å². The molecular formula is C33H42N6O6. The summed E-state index contributed by atoms with van der Waals surface area (Å²) >= 11 is 0. The first-order chi connectivity index (χ1) is 21.3. The van der Waals surface area contributed by atoms with E-state index in [9.17, 15) is 29.5 Å². The van der Waals surface area contributed by atoms with E-state index in [2.05, 4.69) is 15.6 Å². The fraction of sp³-hybridized carbons (Fsp3) is 0.424. The Hall–Kier alpha value is -4.23. The molecule has 1 aromatic heterocycles. The summed E-state index contributed by atoms with van der Waals surface area (Å²) in [5.41, 5.74) is 6.48. The number of nitrogens with zero attached hydrogens (tertiary/aromatic N) is 2. The molecule has 0 saturated carbocycles. The zero-order valence-electron chi connectivity index (χ0n) is 25.9. The van der Waals surface area contributed by atoms with Crippen LogP contribution in [0.2, 0.25) is 0 Å². The Balaban J connectivity index is 1.50. The summed E-state index contributed by atoms with van der Waals surface area (Å²) in [6, 6.07) is 16.5. The van der Waals surface area contributed by atoms with E-state index in [0.29, 0.717) is 18.5 Å². The van der Waals surface area contributed by atoms with Gasteiger partial charge in [-0.05, 0) is 64.3 Å². The molecule has 6 N–H and O–H groups in total. The molecule has 1 aliphatic heterocycles. The largest absolute Gasteiger partial charge is 0.627 e. The predicted octanol–water partition coefficient (Wildman–Crippen LogP) is 0.469. The third-order valence-electron chi connectivity index (χ3n) is 8.04. The first-order valence-corrected chi connectivity index (χ1v) is 15.1. The van der Waals surface area contributed by atoms with Crippen molar-refractivity contribution in [3.63, 3.8) is 0 Å². The average Bonchev–Trinajstić information content (AvgIpc) is 3.51. The van der Waals surface area contributed by atoms with Crippen molar-refractivity contribution in [1.82, 2.24) is 20.5 Å². The first-order valence-electron chi connectivity index (χ1n) is 15.1. The maximum atomic E-state index is 13.5. The molecule has 240 valence electrons. The van der Waals surface area contributed by atoms with Gasteiger partial charge >= 0.3 is 5.91 Å². The van der Waals surface area contributed by atoms with E-state index in [1.807, 2.05) is 43.9 Å². The number of pyridine rings is 1. The summed E-state index contributed by atoms with van der Waals surface area (Å²) in [6.45, 7) is 6.16. The molecular weight excluding hydrogens is 576 g/mol. The maximum Gasteiger partial charge on any atom is 0.329 e. The van der Waals surface area contributed by atoms with E-state index in [4.69, 9.17) is 5.73 Å². The molecule has 12 nitrogen and oxygen atoms in total. The second kappa shape index (κ2) is 14.7.